The molecule has 0 bridgehead atoms. The Balaban J connectivity index is 1.53. The van der Waals surface area contributed by atoms with E-state index in [1.165, 1.54) is 0 Å². The molecule has 0 radical (unpaired) electrons. The van der Waals surface area contributed by atoms with Crippen molar-refractivity contribution >= 4 is 11.8 Å². The van der Waals surface area contributed by atoms with Crippen molar-refractivity contribution in [3.8, 4) is 11.1 Å². The molecular formula is C23H22N2O2. The van der Waals surface area contributed by atoms with Crippen LogP contribution >= 0.6 is 0 Å². The van der Waals surface area contributed by atoms with E-state index >= 15 is 0 Å². The predicted octanol–water partition coefficient (Wildman–Crippen LogP) is 3.74. The van der Waals surface area contributed by atoms with E-state index in [0.717, 1.165) is 16.7 Å². The molecule has 0 aromatic heterocycles. The van der Waals surface area contributed by atoms with Gasteiger partial charge in [-0.3, -0.25) is 9.59 Å². The number of rotatable bonds is 6. The van der Waals surface area contributed by atoms with E-state index in [1.54, 1.807) is 24.1 Å². The Kier molecular flexibility index (Phi) is 6.00. The van der Waals surface area contributed by atoms with Gasteiger partial charge in [0.1, 0.15) is 0 Å². The lowest BCUT2D eigenvalue weighted by Gasteiger charge is -2.17. The highest BCUT2D eigenvalue weighted by Crippen LogP contribution is 2.19. The second-order valence-corrected chi connectivity index (χ2v) is 6.36. The first-order valence-corrected chi connectivity index (χ1v) is 8.85. The quantitative estimate of drug-likeness (QED) is 0.730. The van der Waals surface area contributed by atoms with Crippen LogP contribution in [0.4, 0.5) is 0 Å². The van der Waals surface area contributed by atoms with E-state index in [1.807, 2.05) is 72.8 Å². The smallest absolute Gasteiger partial charge is 0.251 e. The zero-order valence-electron chi connectivity index (χ0n) is 15.3. The zero-order valence-corrected chi connectivity index (χ0v) is 15.3. The van der Waals surface area contributed by atoms with E-state index in [0.29, 0.717) is 12.1 Å². The van der Waals surface area contributed by atoms with Gasteiger partial charge in [-0.05, 0) is 28.8 Å². The minimum Gasteiger partial charge on any atom is -0.343 e. The topological polar surface area (TPSA) is 49.4 Å². The molecule has 27 heavy (non-hydrogen) atoms. The molecule has 0 heterocycles. The molecule has 3 rings (SSSR count). The number of nitrogens with zero attached hydrogens (tertiary/aromatic N) is 1. The normalized spacial score (nSPS) is 10.3. The van der Waals surface area contributed by atoms with E-state index < -0.39 is 0 Å². The summed E-state index contributed by atoms with van der Waals surface area (Å²) in [4.78, 5) is 26.1. The van der Waals surface area contributed by atoms with E-state index in [2.05, 4.69) is 5.32 Å². The van der Waals surface area contributed by atoms with Crippen LogP contribution in [-0.2, 0) is 11.3 Å². The maximum Gasteiger partial charge on any atom is 0.251 e. The van der Waals surface area contributed by atoms with Crippen LogP contribution in [0.3, 0.4) is 0 Å². The summed E-state index contributed by atoms with van der Waals surface area (Å²) in [6, 6.07) is 27.1. The van der Waals surface area contributed by atoms with Gasteiger partial charge in [0.2, 0.25) is 5.91 Å². The molecule has 0 aliphatic rings. The van der Waals surface area contributed by atoms with E-state index in [-0.39, 0.29) is 18.4 Å². The summed E-state index contributed by atoms with van der Waals surface area (Å²) in [5, 5.41) is 2.69. The maximum atomic E-state index is 12.3. The Morgan fingerprint density at radius 2 is 1.33 bits per heavy atom. The van der Waals surface area contributed by atoms with E-state index in [9.17, 15) is 9.59 Å². The summed E-state index contributed by atoms with van der Waals surface area (Å²) >= 11 is 0. The largest absolute Gasteiger partial charge is 0.343 e. The van der Waals surface area contributed by atoms with Crippen LogP contribution in [0.1, 0.15) is 15.9 Å². The lowest BCUT2D eigenvalue weighted by Crippen LogP contribution is -2.37. The monoisotopic (exact) mass is 358 g/mol. The molecule has 0 fully saturated rings. The fourth-order valence-corrected chi connectivity index (χ4v) is 2.78. The molecule has 3 aromatic carbocycles. The molecule has 0 saturated heterocycles. The lowest BCUT2D eigenvalue weighted by atomic mass is 10.0. The number of amides is 2. The maximum absolute atomic E-state index is 12.3. The van der Waals surface area contributed by atoms with Gasteiger partial charge in [0.25, 0.3) is 5.91 Å². The molecule has 0 unspecified atom stereocenters. The Labute approximate surface area is 159 Å². The van der Waals surface area contributed by atoms with Gasteiger partial charge in [0.15, 0.2) is 0 Å². The number of carbonyl (C=O) groups excluding carboxylic acids is 2. The standard InChI is InChI=1S/C23H22N2O2/c1-25(17-18-8-4-2-5-9-18)22(26)16-24-23(27)21-14-12-20(13-15-21)19-10-6-3-7-11-19/h2-15H,16-17H2,1H3,(H,24,27). The van der Waals surface area contributed by atoms with Crippen molar-refractivity contribution in [1.29, 1.82) is 0 Å². The van der Waals surface area contributed by atoms with Crippen LogP contribution in [0, 0.1) is 0 Å². The van der Waals surface area contributed by atoms with Gasteiger partial charge < -0.3 is 10.2 Å². The molecular weight excluding hydrogens is 336 g/mol. The Morgan fingerprint density at radius 3 is 1.96 bits per heavy atom. The second kappa shape index (κ2) is 8.81. The summed E-state index contributed by atoms with van der Waals surface area (Å²) in [6.45, 7) is 0.490. The summed E-state index contributed by atoms with van der Waals surface area (Å²) in [6.07, 6.45) is 0. The van der Waals surface area contributed by atoms with Gasteiger partial charge in [-0.2, -0.15) is 0 Å². The molecule has 4 heteroatoms. The first-order chi connectivity index (χ1) is 13.1. The highest BCUT2D eigenvalue weighted by molar-refractivity contribution is 5.96. The van der Waals surface area contributed by atoms with Crippen molar-refractivity contribution in [3.05, 3.63) is 96.1 Å². The highest BCUT2D eigenvalue weighted by atomic mass is 16.2. The van der Waals surface area contributed by atoms with Crippen LogP contribution in [0.2, 0.25) is 0 Å². The molecule has 0 aliphatic carbocycles. The van der Waals surface area contributed by atoms with Crippen molar-refractivity contribution in [2.75, 3.05) is 13.6 Å². The summed E-state index contributed by atoms with van der Waals surface area (Å²) in [7, 11) is 1.73. The third-order valence-corrected chi connectivity index (χ3v) is 4.34. The molecule has 1 N–H and O–H groups in total. The van der Waals surface area contributed by atoms with Crippen LogP contribution in [0.5, 0.6) is 0 Å². The number of carbonyl (C=O) groups is 2. The zero-order chi connectivity index (χ0) is 19.1. The number of nitrogens with one attached hydrogen (secondary N) is 1. The van der Waals surface area contributed by atoms with Gasteiger partial charge in [-0.15, -0.1) is 0 Å². The SMILES string of the molecule is CN(Cc1ccccc1)C(=O)CNC(=O)c1ccc(-c2ccccc2)cc1. The first kappa shape index (κ1) is 18.4. The first-order valence-electron chi connectivity index (χ1n) is 8.85. The van der Waals surface area contributed by atoms with Crippen LogP contribution in [-0.4, -0.2) is 30.3 Å². The second-order valence-electron chi connectivity index (χ2n) is 6.36. The van der Waals surface area contributed by atoms with Crippen LogP contribution < -0.4 is 5.32 Å². The van der Waals surface area contributed by atoms with Crippen LogP contribution in [0.15, 0.2) is 84.9 Å². The number of hydrogen-bond donors (Lipinski definition) is 1. The third-order valence-electron chi connectivity index (χ3n) is 4.34. The lowest BCUT2D eigenvalue weighted by molar-refractivity contribution is -0.129. The summed E-state index contributed by atoms with van der Waals surface area (Å²) in [5.41, 5.74) is 3.73. The predicted molar refractivity (Wildman–Crippen MR) is 107 cm³/mol. The Bertz CT molecular complexity index is 891. The fraction of sp³-hybridized carbons (Fsp3) is 0.130. The van der Waals surface area contributed by atoms with Gasteiger partial charge >= 0.3 is 0 Å². The number of hydrogen-bond acceptors (Lipinski definition) is 2. The fourth-order valence-electron chi connectivity index (χ4n) is 2.78. The van der Waals surface area contributed by atoms with Crippen LogP contribution in [0.25, 0.3) is 11.1 Å². The summed E-state index contributed by atoms with van der Waals surface area (Å²) < 4.78 is 0. The van der Waals surface area contributed by atoms with Crippen molar-refractivity contribution in [1.82, 2.24) is 10.2 Å². The molecule has 3 aromatic rings. The Hall–Kier alpha value is -3.40. The van der Waals surface area contributed by atoms with Gasteiger partial charge in [0.05, 0.1) is 6.54 Å². The number of benzene rings is 3. The van der Waals surface area contributed by atoms with Crippen molar-refractivity contribution in [2.24, 2.45) is 0 Å². The van der Waals surface area contributed by atoms with Crippen molar-refractivity contribution in [3.63, 3.8) is 0 Å². The van der Waals surface area contributed by atoms with Gasteiger partial charge in [-0.1, -0.05) is 72.8 Å². The average molecular weight is 358 g/mol. The molecule has 136 valence electrons. The minimum absolute atomic E-state index is 0.0252. The molecule has 0 aliphatic heterocycles. The molecule has 2 amide bonds. The third kappa shape index (κ3) is 5.05. The molecule has 4 nitrogen and oxygen atoms in total. The van der Waals surface area contributed by atoms with Gasteiger partial charge in [-0.25, -0.2) is 0 Å². The Morgan fingerprint density at radius 1 is 0.778 bits per heavy atom. The highest BCUT2D eigenvalue weighted by Gasteiger charge is 2.12. The van der Waals surface area contributed by atoms with Gasteiger partial charge in [0, 0.05) is 19.2 Å². The summed E-state index contributed by atoms with van der Waals surface area (Å²) in [5.74, 6) is -0.385. The van der Waals surface area contributed by atoms with Crippen molar-refractivity contribution in [2.45, 2.75) is 6.54 Å². The molecule has 0 saturated carbocycles. The average Bonchev–Trinajstić information content (AvgIpc) is 2.73. The number of likely N-dealkylation sites (N-methyl/N-ethyl adjacent to an activating group) is 1. The van der Waals surface area contributed by atoms with E-state index in [4.69, 9.17) is 0 Å². The minimum atomic E-state index is -0.254. The molecule has 0 spiro atoms. The molecule has 0 atom stereocenters. The van der Waals surface area contributed by atoms with Crippen molar-refractivity contribution < 1.29 is 9.59 Å².